The second kappa shape index (κ2) is 7.96. The number of fused-ring (bicyclic) bond motifs is 2. The molecule has 2 fully saturated rings. The highest BCUT2D eigenvalue weighted by Gasteiger charge is 2.44. The molecule has 4 N–H and O–H groups in total. The maximum absolute atomic E-state index is 14.6. The van der Waals surface area contributed by atoms with E-state index in [1.54, 1.807) is 6.07 Å². The summed E-state index contributed by atoms with van der Waals surface area (Å²) in [6.45, 7) is 2.75. The van der Waals surface area contributed by atoms with Gasteiger partial charge in [0.15, 0.2) is 0 Å². The van der Waals surface area contributed by atoms with Gasteiger partial charge in [-0.1, -0.05) is 30.3 Å². The van der Waals surface area contributed by atoms with Crippen LogP contribution in [0.1, 0.15) is 34.7 Å². The van der Waals surface area contributed by atoms with Crippen molar-refractivity contribution < 1.29 is 14.3 Å². The summed E-state index contributed by atoms with van der Waals surface area (Å²) in [6, 6.07) is 11.2. The second-order valence-corrected chi connectivity index (χ2v) is 8.85. The lowest BCUT2D eigenvalue weighted by atomic mass is 9.88. The molecule has 0 aliphatic carbocycles. The largest absolute Gasteiger partial charge is 0.395 e. The van der Waals surface area contributed by atoms with Gasteiger partial charge in [0.2, 0.25) is 5.91 Å². The number of halogens is 1. The molecule has 2 aromatic carbocycles. The summed E-state index contributed by atoms with van der Waals surface area (Å²) in [6.07, 6.45) is 1.11. The van der Waals surface area contributed by atoms with Crippen LogP contribution >= 0.6 is 0 Å². The van der Waals surface area contributed by atoms with Gasteiger partial charge in [-0.05, 0) is 48.7 Å². The molecule has 4 atom stereocenters. The number of hydrogen-bond acceptors (Lipinski definition) is 6. The highest BCUT2D eigenvalue weighted by molar-refractivity contribution is 5.94. The predicted octanol–water partition coefficient (Wildman–Crippen LogP) is 1.31. The quantitative estimate of drug-likeness (QED) is 0.594. The van der Waals surface area contributed by atoms with E-state index >= 15 is 0 Å². The summed E-state index contributed by atoms with van der Waals surface area (Å²) in [5, 5.41) is 11.0. The van der Waals surface area contributed by atoms with Crippen LogP contribution in [-0.4, -0.2) is 47.7 Å². The van der Waals surface area contributed by atoms with Gasteiger partial charge in [-0.2, -0.15) is 0 Å². The molecule has 0 aromatic heterocycles. The Morgan fingerprint density at radius 2 is 2.00 bits per heavy atom. The molecule has 164 valence electrons. The molecule has 0 radical (unpaired) electrons. The molecule has 8 heteroatoms. The van der Waals surface area contributed by atoms with Crippen LogP contribution in [0.4, 0.5) is 10.1 Å². The molecule has 0 spiro atoms. The monoisotopic (exact) mass is 425 g/mol. The molecular weight excluding hydrogens is 397 g/mol. The van der Waals surface area contributed by atoms with Crippen LogP contribution in [0, 0.1) is 12.7 Å². The zero-order valence-electron chi connectivity index (χ0n) is 17.7. The molecule has 3 aliphatic heterocycles. The van der Waals surface area contributed by atoms with Gasteiger partial charge in [0, 0.05) is 25.0 Å². The summed E-state index contributed by atoms with van der Waals surface area (Å²) >= 11 is 0. The number of rotatable bonds is 3. The maximum atomic E-state index is 14.6. The van der Waals surface area contributed by atoms with Crippen LogP contribution in [0.15, 0.2) is 36.4 Å². The molecule has 7 nitrogen and oxygen atoms in total. The highest BCUT2D eigenvalue weighted by Crippen LogP contribution is 2.33. The molecule has 3 aliphatic rings. The number of nitrogens with zero attached hydrogens (tertiary/aromatic N) is 2. The zero-order valence-corrected chi connectivity index (χ0v) is 17.7. The van der Waals surface area contributed by atoms with Crippen molar-refractivity contribution in [2.45, 2.75) is 50.5 Å². The Balaban J connectivity index is 1.42. The Bertz CT molecular complexity index is 995. The van der Waals surface area contributed by atoms with Crippen molar-refractivity contribution in [3.8, 4) is 0 Å². The number of carbonyl (C=O) groups excluding carboxylic acids is 1. The fourth-order valence-corrected chi connectivity index (χ4v) is 5.03. The first-order valence-corrected chi connectivity index (χ1v) is 10.7. The van der Waals surface area contributed by atoms with Crippen molar-refractivity contribution >= 4 is 11.6 Å². The second-order valence-electron chi connectivity index (χ2n) is 8.85. The first-order chi connectivity index (χ1) is 15.0. The minimum Gasteiger partial charge on any atom is -0.395 e. The lowest BCUT2D eigenvalue weighted by Gasteiger charge is -2.38. The van der Waals surface area contributed by atoms with Gasteiger partial charge >= 0.3 is 0 Å². The van der Waals surface area contributed by atoms with Crippen molar-refractivity contribution in [2.75, 3.05) is 18.7 Å². The SMILES string of the molecule is Cc1cccc(F)c1N1NC2C(CC1=O)NNC2c1ccc2c(c1)CN(C)[C@H](CO)C2. The van der Waals surface area contributed by atoms with Crippen LogP contribution < -0.4 is 21.3 Å². The van der Waals surface area contributed by atoms with E-state index in [4.69, 9.17) is 0 Å². The number of para-hydroxylation sites is 1. The minimum absolute atomic E-state index is 0.0705. The van der Waals surface area contributed by atoms with Crippen LogP contribution in [0.2, 0.25) is 0 Å². The molecule has 0 bridgehead atoms. The molecule has 1 amide bonds. The van der Waals surface area contributed by atoms with Crippen LogP contribution in [-0.2, 0) is 17.8 Å². The van der Waals surface area contributed by atoms with E-state index in [1.165, 1.54) is 22.2 Å². The number of aliphatic hydroxyl groups excluding tert-OH is 1. The Morgan fingerprint density at radius 3 is 2.77 bits per heavy atom. The average molecular weight is 426 g/mol. The molecule has 3 unspecified atom stereocenters. The highest BCUT2D eigenvalue weighted by atomic mass is 19.1. The van der Waals surface area contributed by atoms with E-state index in [-0.39, 0.29) is 43.1 Å². The topological polar surface area (TPSA) is 79.9 Å². The van der Waals surface area contributed by atoms with Crippen molar-refractivity contribution in [3.05, 3.63) is 64.5 Å². The van der Waals surface area contributed by atoms with Gasteiger partial charge in [0.05, 0.1) is 24.4 Å². The molecular formula is C23H28FN5O2. The molecule has 31 heavy (non-hydrogen) atoms. The van der Waals surface area contributed by atoms with Gasteiger partial charge in [-0.15, -0.1) is 0 Å². The first kappa shape index (κ1) is 20.5. The van der Waals surface area contributed by atoms with Crippen LogP contribution in [0.3, 0.4) is 0 Å². The number of benzene rings is 2. The van der Waals surface area contributed by atoms with Crippen molar-refractivity contribution in [1.29, 1.82) is 0 Å². The number of amides is 1. The fourth-order valence-electron chi connectivity index (χ4n) is 5.03. The number of hydrogen-bond donors (Lipinski definition) is 4. The lowest BCUT2D eigenvalue weighted by molar-refractivity contribution is -0.121. The Kier molecular flexibility index (Phi) is 5.27. The number of carbonyl (C=O) groups is 1. The third-order valence-corrected chi connectivity index (χ3v) is 6.85. The van der Waals surface area contributed by atoms with E-state index in [0.717, 1.165) is 18.5 Å². The van der Waals surface area contributed by atoms with Crippen LogP contribution in [0.25, 0.3) is 0 Å². The number of hydrazine groups is 2. The number of aryl methyl sites for hydroxylation is 1. The van der Waals surface area contributed by atoms with Gasteiger partial charge in [-0.3, -0.25) is 15.1 Å². The van der Waals surface area contributed by atoms with E-state index in [2.05, 4.69) is 39.4 Å². The Labute approximate surface area is 181 Å². The third kappa shape index (κ3) is 3.54. The Hall–Kier alpha value is -2.36. The van der Waals surface area contributed by atoms with E-state index in [0.29, 0.717) is 11.3 Å². The van der Waals surface area contributed by atoms with Gasteiger partial charge in [-0.25, -0.2) is 20.3 Å². The van der Waals surface area contributed by atoms with E-state index in [9.17, 15) is 14.3 Å². The van der Waals surface area contributed by atoms with Gasteiger partial charge in [0.1, 0.15) is 5.82 Å². The molecule has 3 heterocycles. The third-order valence-electron chi connectivity index (χ3n) is 6.85. The number of nitrogens with one attached hydrogen (secondary N) is 3. The van der Waals surface area contributed by atoms with Crippen molar-refractivity contribution in [1.82, 2.24) is 21.2 Å². The van der Waals surface area contributed by atoms with Crippen molar-refractivity contribution in [3.63, 3.8) is 0 Å². The molecule has 2 saturated heterocycles. The lowest BCUT2D eigenvalue weighted by Crippen LogP contribution is -2.60. The van der Waals surface area contributed by atoms with Gasteiger partial charge in [0.25, 0.3) is 0 Å². The standard InChI is InChI=1S/C23H28FN5O2/c1-13-4-3-5-18(24)23(13)29-20(31)10-19-22(27-29)21(26-25-19)15-7-6-14-9-17(12-30)28(2)11-16(14)8-15/h3-8,17,19,21-22,25-27,30H,9-12H2,1-2H3/t17-,19?,21?,22?/m0/s1. The zero-order chi connectivity index (χ0) is 21.7. The van der Waals surface area contributed by atoms with Gasteiger partial charge < -0.3 is 5.11 Å². The smallest absolute Gasteiger partial charge is 0.243 e. The number of aliphatic hydroxyl groups is 1. The normalized spacial score (nSPS) is 28.5. The first-order valence-electron chi connectivity index (χ1n) is 10.7. The Morgan fingerprint density at radius 1 is 1.16 bits per heavy atom. The van der Waals surface area contributed by atoms with Crippen molar-refractivity contribution in [2.24, 2.45) is 0 Å². The van der Waals surface area contributed by atoms with E-state index < -0.39 is 5.82 Å². The van der Waals surface area contributed by atoms with Crippen LogP contribution in [0.5, 0.6) is 0 Å². The number of likely N-dealkylation sites (N-methyl/N-ethyl adjacent to an activating group) is 1. The maximum Gasteiger partial charge on any atom is 0.243 e. The summed E-state index contributed by atoms with van der Waals surface area (Å²) in [7, 11) is 2.03. The van der Waals surface area contributed by atoms with E-state index in [1.807, 2.05) is 20.0 Å². The summed E-state index contributed by atoms with van der Waals surface area (Å²) in [4.78, 5) is 15.0. The molecule has 0 saturated carbocycles. The predicted molar refractivity (Wildman–Crippen MR) is 115 cm³/mol. The fraction of sp³-hybridized carbons (Fsp3) is 0.435. The summed E-state index contributed by atoms with van der Waals surface area (Å²) in [5.74, 6) is -0.573. The summed E-state index contributed by atoms with van der Waals surface area (Å²) in [5.41, 5.74) is 14.5. The molecule has 2 aromatic rings. The summed E-state index contributed by atoms with van der Waals surface area (Å²) < 4.78 is 14.6. The average Bonchev–Trinajstić information content (AvgIpc) is 3.15. The number of anilines is 1. The molecule has 5 rings (SSSR count). The minimum atomic E-state index is -0.412.